The number of pyridine rings is 1. The van der Waals surface area contributed by atoms with E-state index in [0.29, 0.717) is 41.0 Å². The summed E-state index contributed by atoms with van der Waals surface area (Å²) >= 11 is 0. The maximum atomic E-state index is 13.8. The van der Waals surface area contributed by atoms with Gasteiger partial charge in [0.25, 0.3) is 5.91 Å². The van der Waals surface area contributed by atoms with Crippen LogP contribution in [0.15, 0.2) is 30.5 Å². The van der Waals surface area contributed by atoms with Crippen LogP contribution in [0.4, 0.5) is 15.9 Å². The zero-order valence-electron chi connectivity index (χ0n) is 16.1. The summed E-state index contributed by atoms with van der Waals surface area (Å²) in [5.41, 5.74) is 2.92. The van der Waals surface area contributed by atoms with Crippen LogP contribution in [0, 0.1) is 18.7 Å². The van der Waals surface area contributed by atoms with E-state index in [-0.39, 0.29) is 11.7 Å². The highest BCUT2D eigenvalue weighted by atomic mass is 19.1. The van der Waals surface area contributed by atoms with E-state index in [0.717, 1.165) is 44.5 Å². The second kappa shape index (κ2) is 8.27. The summed E-state index contributed by atoms with van der Waals surface area (Å²) in [6.07, 6.45) is 5.79. The van der Waals surface area contributed by atoms with Gasteiger partial charge in [0.1, 0.15) is 11.6 Å². The van der Waals surface area contributed by atoms with Crippen molar-refractivity contribution in [2.45, 2.75) is 38.5 Å². The average molecular weight is 383 g/mol. The summed E-state index contributed by atoms with van der Waals surface area (Å²) in [4.78, 5) is 17.1. The SMILES string of the molecule is Cc1ccc(Nc2cc(C3CC3)c(C(=O)NCC3CCOCC3)cn2)cc1F. The number of rotatable bonds is 6. The number of amides is 1. The van der Waals surface area contributed by atoms with Gasteiger partial charge in [-0.3, -0.25) is 4.79 Å². The molecule has 0 unspecified atom stereocenters. The van der Waals surface area contributed by atoms with Crippen LogP contribution >= 0.6 is 0 Å². The van der Waals surface area contributed by atoms with E-state index in [2.05, 4.69) is 15.6 Å². The first-order valence-electron chi connectivity index (χ1n) is 9.99. The molecule has 4 rings (SSSR count). The van der Waals surface area contributed by atoms with Gasteiger partial charge < -0.3 is 15.4 Å². The number of nitrogens with zero attached hydrogens (tertiary/aromatic N) is 1. The van der Waals surface area contributed by atoms with Crippen molar-refractivity contribution in [2.24, 2.45) is 5.92 Å². The Morgan fingerprint density at radius 1 is 1.21 bits per heavy atom. The number of aryl methyl sites for hydroxylation is 1. The molecule has 1 saturated carbocycles. The molecule has 148 valence electrons. The lowest BCUT2D eigenvalue weighted by Crippen LogP contribution is -2.32. The van der Waals surface area contributed by atoms with Crippen molar-refractivity contribution in [3.05, 3.63) is 53.0 Å². The number of hydrogen-bond donors (Lipinski definition) is 2. The maximum absolute atomic E-state index is 13.8. The molecule has 2 aromatic rings. The first-order valence-corrected chi connectivity index (χ1v) is 9.99. The van der Waals surface area contributed by atoms with Crippen molar-refractivity contribution in [1.29, 1.82) is 0 Å². The summed E-state index contributed by atoms with van der Waals surface area (Å²) < 4.78 is 19.2. The van der Waals surface area contributed by atoms with Crippen LogP contribution in [0.5, 0.6) is 0 Å². The molecule has 0 atom stereocenters. The monoisotopic (exact) mass is 383 g/mol. The fourth-order valence-electron chi connectivity index (χ4n) is 3.56. The fraction of sp³-hybridized carbons (Fsp3) is 0.455. The highest BCUT2D eigenvalue weighted by Crippen LogP contribution is 2.42. The summed E-state index contributed by atoms with van der Waals surface area (Å²) in [5, 5.41) is 6.22. The molecule has 0 spiro atoms. The van der Waals surface area contributed by atoms with Gasteiger partial charge in [0.2, 0.25) is 0 Å². The van der Waals surface area contributed by atoms with Crippen LogP contribution in [0.25, 0.3) is 0 Å². The van der Waals surface area contributed by atoms with E-state index in [1.54, 1.807) is 19.2 Å². The van der Waals surface area contributed by atoms with Crippen LogP contribution in [0.1, 0.15) is 53.1 Å². The number of aromatic nitrogens is 1. The second-order valence-corrected chi connectivity index (χ2v) is 7.79. The van der Waals surface area contributed by atoms with Gasteiger partial charge in [-0.1, -0.05) is 6.07 Å². The summed E-state index contributed by atoms with van der Waals surface area (Å²) in [5.74, 6) is 1.20. The van der Waals surface area contributed by atoms with Gasteiger partial charge in [-0.05, 0) is 73.8 Å². The van der Waals surface area contributed by atoms with Crippen molar-refractivity contribution < 1.29 is 13.9 Å². The highest BCUT2D eigenvalue weighted by molar-refractivity contribution is 5.96. The standard InChI is InChI=1S/C22H26FN3O2/c1-14-2-5-17(10-20(14)23)26-21-11-18(16-3-4-16)19(13-24-21)22(27)25-12-15-6-8-28-9-7-15/h2,5,10-11,13,15-16H,3-4,6-9,12H2,1H3,(H,24,26)(H,25,27). The van der Waals surface area contributed by atoms with E-state index in [9.17, 15) is 9.18 Å². The minimum absolute atomic E-state index is 0.0613. The third-order valence-electron chi connectivity index (χ3n) is 5.53. The Morgan fingerprint density at radius 3 is 2.71 bits per heavy atom. The lowest BCUT2D eigenvalue weighted by Gasteiger charge is -2.22. The van der Waals surface area contributed by atoms with Crippen LogP contribution < -0.4 is 10.6 Å². The van der Waals surface area contributed by atoms with Gasteiger partial charge in [-0.25, -0.2) is 9.37 Å². The molecule has 1 aromatic heterocycles. The minimum atomic E-state index is -0.253. The normalized spacial score (nSPS) is 17.4. The third kappa shape index (κ3) is 4.50. The molecule has 0 bridgehead atoms. The molecule has 2 aliphatic rings. The van der Waals surface area contributed by atoms with Gasteiger partial charge in [-0.15, -0.1) is 0 Å². The Hall–Kier alpha value is -2.47. The first kappa shape index (κ1) is 18.9. The minimum Gasteiger partial charge on any atom is -0.381 e. The van der Waals surface area contributed by atoms with Gasteiger partial charge in [0.15, 0.2) is 0 Å². The quantitative estimate of drug-likeness (QED) is 0.780. The lowest BCUT2D eigenvalue weighted by molar-refractivity contribution is 0.0642. The number of nitrogens with one attached hydrogen (secondary N) is 2. The molecule has 2 heterocycles. The zero-order chi connectivity index (χ0) is 19.5. The molecule has 2 N–H and O–H groups in total. The van der Waals surface area contributed by atoms with Crippen molar-refractivity contribution in [2.75, 3.05) is 25.1 Å². The highest BCUT2D eigenvalue weighted by Gasteiger charge is 2.29. The topological polar surface area (TPSA) is 63.2 Å². The number of anilines is 2. The van der Waals surface area contributed by atoms with Gasteiger partial charge in [-0.2, -0.15) is 0 Å². The molecule has 6 heteroatoms. The number of halogens is 1. The molecule has 0 radical (unpaired) electrons. The molecular formula is C22H26FN3O2. The third-order valence-corrected chi connectivity index (χ3v) is 5.53. The van der Waals surface area contributed by atoms with E-state index < -0.39 is 0 Å². The zero-order valence-corrected chi connectivity index (χ0v) is 16.1. The van der Waals surface area contributed by atoms with Gasteiger partial charge in [0.05, 0.1) is 5.56 Å². The maximum Gasteiger partial charge on any atom is 0.253 e. The molecule has 28 heavy (non-hydrogen) atoms. The van der Waals surface area contributed by atoms with Crippen LogP contribution in [-0.4, -0.2) is 30.6 Å². The van der Waals surface area contributed by atoms with E-state index in [4.69, 9.17) is 4.74 Å². The second-order valence-electron chi connectivity index (χ2n) is 7.79. The summed E-state index contributed by atoms with van der Waals surface area (Å²) in [6, 6.07) is 6.95. The Morgan fingerprint density at radius 2 is 2.00 bits per heavy atom. The van der Waals surface area contributed by atoms with E-state index in [1.165, 1.54) is 6.07 Å². The molecule has 1 aliphatic carbocycles. The molecule has 1 amide bonds. The molecule has 1 aromatic carbocycles. The van der Waals surface area contributed by atoms with Gasteiger partial charge in [0, 0.05) is 31.6 Å². The number of benzene rings is 1. The fourth-order valence-corrected chi connectivity index (χ4v) is 3.56. The largest absolute Gasteiger partial charge is 0.381 e. The molecular weight excluding hydrogens is 357 g/mol. The van der Waals surface area contributed by atoms with Crippen molar-refractivity contribution in [1.82, 2.24) is 10.3 Å². The van der Waals surface area contributed by atoms with Crippen molar-refractivity contribution in [3.63, 3.8) is 0 Å². The number of carbonyl (C=O) groups is 1. The number of hydrogen-bond acceptors (Lipinski definition) is 4. The Balaban J connectivity index is 1.47. The first-order chi connectivity index (χ1) is 13.6. The Bertz CT molecular complexity index is 861. The predicted octanol–water partition coefficient (Wildman–Crippen LogP) is 4.31. The smallest absolute Gasteiger partial charge is 0.253 e. The van der Waals surface area contributed by atoms with Gasteiger partial charge >= 0.3 is 0 Å². The summed E-state index contributed by atoms with van der Waals surface area (Å²) in [7, 11) is 0. The Kier molecular flexibility index (Phi) is 5.57. The molecule has 1 saturated heterocycles. The summed E-state index contributed by atoms with van der Waals surface area (Å²) in [6.45, 7) is 3.95. The molecule has 5 nitrogen and oxygen atoms in total. The van der Waals surface area contributed by atoms with Crippen molar-refractivity contribution in [3.8, 4) is 0 Å². The molecule has 1 aliphatic heterocycles. The average Bonchev–Trinajstić information content (AvgIpc) is 3.55. The van der Waals surface area contributed by atoms with E-state index >= 15 is 0 Å². The van der Waals surface area contributed by atoms with Crippen LogP contribution in [0.2, 0.25) is 0 Å². The van der Waals surface area contributed by atoms with Crippen molar-refractivity contribution >= 4 is 17.4 Å². The predicted molar refractivity (Wildman–Crippen MR) is 107 cm³/mol. The van der Waals surface area contributed by atoms with Crippen LogP contribution in [0.3, 0.4) is 0 Å². The number of ether oxygens (including phenoxy) is 1. The molecule has 2 fully saturated rings. The lowest BCUT2D eigenvalue weighted by atomic mass is 10.00. The van der Waals surface area contributed by atoms with Crippen LogP contribution in [-0.2, 0) is 4.74 Å². The Labute approximate surface area is 164 Å². The van der Waals surface area contributed by atoms with E-state index in [1.807, 2.05) is 12.1 Å². The number of carbonyl (C=O) groups excluding carboxylic acids is 1.